The van der Waals surface area contributed by atoms with Crippen LogP contribution in [0.2, 0.25) is 0 Å². The highest BCUT2D eigenvalue weighted by Crippen LogP contribution is 2.24. The molecule has 0 aliphatic carbocycles. The van der Waals surface area contributed by atoms with Gasteiger partial charge in [0.1, 0.15) is 0 Å². The highest BCUT2D eigenvalue weighted by molar-refractivity contribution is 7.79. The smallest absolute Gasteiger partial charge is 0.308 e. The largest absolute Gasteiger partial charge is 0.481 e. The number of carbonyl (C=O) groups is 1. The monoisotopic (exact) mass is 235 g/mol. The quantitative estimate of drug-likeness (QED) is 0.597. The van der Waals surface area contributed by atoms with E-state index in [2.05, 4.69) is 5.32 Å². The number of aliphatic carboxylic acids is 1. The van der Waals surface area contributed by atoms with Gasteiger partial charge in [-0.2, -0.15) is 0 Å². The molecule has 6 heteroatoms. The van der Waals surface area contributed by atoms with Crippen LogP contribution in [0.3, 0.4) is 0 Å². The third-order valence-corrected chi connectivity index (χ3v) is 3.47. The summed E-state index contributed by atoms with van der Waals surface area (Å²) in [6, 6.07) is 0. The second-order valence-electron chi connectivity index (χ2n) is 3.87. The molecular formula is C9H17NO4S. The van der Waals surface area contributed by atoms with E-state index in [0.717, 1.165) is 19.4 Å². The Morgan fingerprint density at radius 3 is 2.87 bits per heavy atom. The molecule has 88 valence electrons. The van der Waals surface area contributed by atoms with Crippen LogP contribution in [0.4, 0.5) is 0 Å². The minimum atomic E-state index is -1.75. The molecule has 3 unspecified atom stereocenters. The van der Waals surface area contributed by atoms with Crippen molar-refractivity contribution in [1.82, 2.24) is 5.32 Å². The Morgan fingerprint density at radius 1 is 1.53 bits per heavy atom. The molecule has 0 aromatic carbocycles. The molecule has 0 aromatic heterocycles. The van der Waals surface area contributed by atoms with Crippen molar-refractivity contribution < 1.29 is 18.7 Å². The number of nitrogens with one attached hydrogen (secondary N) is 1. The zero-order valence-electron chi connectivity index (χ0n) is 8.52. The number of rotatable bonds is 5. The lowest BCUT2D eigenvalue weighted by Crippen LogP contribution is -2.40. The Bertz CT molecular complexity index is 246. The van der Waals surface area contributed by atoms with Crippen LogP contribution in [0.15, 0.2) is 0 Å². The molecule has 3 N–H and O–H groups in total. The van der Waals surface area contributed by atoms with Gasteiger partial charge in [-0.1, -0.05) is 0 Å². The topological polar surface area (TPSA) is 86.6 Å². The van der Waals surface area contributed by atoms with Crippen LogP contribution in [0.1, 0.15) is 19.3 Å². The Kier molecular flexibility index (Phi) is 5.21. The van der Waals surface area contributed by atoms with Crippen LogP contribution in [0.5, 0.6) is 0 Å². The zero-order valence-corrected chi connectivity index (χ0v) is 9.33. The summed E-state index contributed by atoms with van der Waals surface area (Å²) in [4.78, 5) is 10.9. The molecule has 0 bridgehead atoms. The van der Waals surface area contributed by atoms with Gasteiger partial charge in [-0.25, -0.2) is 4.21 Å². The van der Waals surface area contributed by atoms with Crippen molar-refractivity contribution >= 4 is 17.0 Å². The molecule has 1 fully saturated rings. The molecule has 3 atom stereocenters. The Balaban J connectivity index is 2.36. The fourth-order valence-electron chi connectivity index (χ4n) is 2.02. The minimum absolute atomic E-state index is 0.146. The van der Waals surface area contributed by atoms with E-state index in [4.69, 9.17) is 9.66 Å². The van der Waals surface area contributed by atoms with Crippen molar-refractivity contribution in [3.05, 3.63) is 0 Å². The van der Waals surface area contributed by atoms with Gasteiger partial charge in [-0.15, -0.1) is 0 Å². The van der Waals surface area contributed by atoms with Gasteiger partial charge in [-0.05, 0) is 31.7 Å². The fourth-order valence-corrected chi connectivity index (χ4v) is 2.43. The van der Waals surface area contributed by atoms with E-state index in [1.165, 1.54) is 0 Å². The second kappa shape index (κ2) is 6.19. The van der Waals surface area contributed by atoms with Crippen molar-refractivity contribution in [3.63, 3.8) is 0 Å². The summed E-state index contributed by atoms with van der Waals surface area (Å²) in [5.41, 5.74) is 0. The normalized spacial score (nSPS) is 28.6. The molecule has 1 saturated heterocycles. The Morgan fingerprint density at radius 2 is 2.27 bits per heavy atom. The molecular weight excluding hydrogens is 218 g/mol. The first-order chi connectivity index (χ1) is 7.11. The predicted octanol–water partition coefficient (Wildman–Crippen LogP) is 0.299. The molecule has 1 aliphatic heterocycles. The van der Waals surface area contributed by atoms with E-state index in [1.54, 1.807) is 0 Å². The zero-order chi connectivity index (χ0) is 11.3. The van der Waals surface area contributed by atoms with Crippen LogP contribution in [0.25, 0.3) is 0 Å². The van der Waals surface area contributed by atoms with Crippen molar-refractivity contribution in [1.29, 1.82) is 0 Å². The van der Waals surface area contributed by atoms with Gasteiger partial charge in [-0.3, -0.25) is 4.79 Å². The van der Waals surface area contributed by atoms with Gasteiger partial charge in [0.2, 0.25) is 0 Å². The number of carboxylic acids is 1. The molecule has 1 aliphatic rings. The summed E-state index contributed by atoms with van der Waals surface area (Å²) in [6.07, 6.45) is 2.19. The first-order valence-corrected chi connectivity index (χ1v) is 6.40. The molecule has 5 nitrogen and oxygen atoms in total. The molecule has 0 saturated carbocycles. The van der Waals surface area contributed by atoms with E-state index in [-0.39, 0.29) is 17.6 Å². The SMILES string of the molecule is O=C(O)C1CNCCC1CCCS(=O)O. The third kappa shape index (κ3) is 4.27. The average molecular weight is 235 g/mol. The van der Waals surface area contributed by atoms with Crippen LogP contribution >= 0.6 is 0 Å². The first kappa shape index (κ1) is 12.6. The summed E-state index contributed by atoms with van der Waals surface area (Å²) >= 11 is -1.75. The molecule has 0 spiro atoms. The van der Waals surface area contributed by atoms with Crippen molar-refractivity contribution in [3.8, 4) is 0 Å². The van der Waals surface area contributed by atoms with Crippen molar-refractivity contribution in [2.45, 2.75) is 19.3 Å². The third-order valence-electron chi connectivity index (χ3n) is 2.84. The highest BCUT2D eigenvalue weighted by Gasteiger charge is 2.30. The van der Waals surface area contributed by atoms with Crippen LogP contribution in [-0.4, -0.2) is 38.7 Å². The van der Waals surface area contributed by atoms with Gasteiger partial charge in [0.25, 0.3) is 0 Å². The Hall–Kier alpha value is -0.460. The van der Waals surface area contributed by atoms with E-state index in [1.807, 2.05) is 0 Å². The maximum absolute atomic E-state index is 10.9. The lowest BCUT2D eigenvalue weighted by molar-refractivity contribution is -0.144. The van der Waals surface area contributed by atoms with Crippen LogP contribution in [0, 0.1) is 11.8 Å². The summed E-state index contributed by atoms with van der Waals surface area (Å²) in [5.74, 6) is -0.716. The predicted molar refractivity (Wildman–Crippen MR) is 57.0 cm³/mol. The van der Waals surface area contributed by atoms with Gasteiger partial charge < -0.3 is 15.0 Å². The highest BCUT2D eigenvalue weighted by atomic mass is 32.2. The van der Waals surface area contributed by atoms with Crippen LogP contribution in [-0.2, 0) is 15.9 Å². The first-order valence-electron chi connectivity index (χ1n) is 5.12. The van der Waals surface area contributed by atoms with Gasteiger partial charge in [0.05, 0.1) is 5.92 Å². The average Bonchev–Trinajstić information content (AvgIpc) is 2.17. The van der Waals surface area contributed by atoms with Crippen molar-refractivity contribution in [2.24, 2.45) is 11.8 Å². The Labute approximate surface area is 91.5 Å². The van der Waals surface area contributed by atoms with Gasteiger partial charge in [0, 0.05) is 12.3 Å². The van der Waals surface area contributed by atoms with E-state index >= 15 is 0 Å². The maximum Gasteiger partial charge on any atom is 0.308 e. The molecule has 0 radical (unpaired) electrons. The maximum atomic E-state index is 10.9. The molecule has 1 rings (SSSR count). The molecule has 0 aromatic rings. The summed E-state index contributed by atoms with van der Waals surface area (Å²) in [7, 11) is 0. The van der Waals surface area contributed by atoms with E-state index in [9.17, 15) is 9.00 Å². The molecule has 0 amide bonds. The van der Waals surface area contributed by atoms with Gasteiger partial charge >= 0.3 is 5.97 Å². The second-order valence-corrected chi connectivity index (χ2v) is 4.92. The van der Waals surface area contributed by atoms with Crippen LogP contribution < -0.4 is 5.32 Å². The lowest BCUT2D eigenvalue weighted by atomic mass is 9.83. The van der Waals surface area contributed by atoms with Gasteiger partial charge in [0.15, 0.2) is 11.1 Å². The minimum Gasteiger partial charge on any atom is -0.481 e. The number of hydrogen-bond donors (Lipinski definition) is 3. The summed E-state index contributed by atoms with van der Waals surface area (Å²) in [5, 5.41) is 12.0. The summed E-state index contributed by atoms with van der Waals surface area (Å²) < 4.78 is 19.0. The van der Waals surface area contributed by atoms with E-state index < -0.39 is 17.0 Å². The summed E-state index contributed by atoms with van der Waals surface area (Å²) in [6.45, 7) is 1.36. The lowest BCUT2D eigenvalue weighted by Gasteiger charge is -2.29. The fraction of sp³-hybridized carbons (Fsp3) is 0.889. The number of carboxylic acid groups (broad SMARTS) is 1. The molecule has 1 heterocycles. The standard InChI is InChI=1S/C9H17NO4S/c11-9(12)8-6-10-4-3-7(8)2-1-5-15(13)14/h7-8,10H,1-6H2,(H,11,12)(H,13,14). The number of piperidine rings is 1. The van der Waals surface area contributed by atoms with E-state index in [0.29, 0.717) is 13.0 Å². The number of hydrogen-bond acceptors (Lipinski definition) is 3. The molecule has 15 heavy (non-hydrogen) atoms. The van der Waals surface area contributed by atoms with Crippen molar-refractivity contribution in [2.75, 3.05) is 18.8 Å².